The molecule has 102 valence electrons. The molecule has 2 unspecified atom stereocenters. The lowest BCUT2D eigenvalue weighted by atomic mass is 9.99. The van der Waals surface area contributed by atoms with E-state index in [2.05, 4.69) is 18.9 Å². The molecule has 0 aliphatic carbocycles. The second kappa shape index (κ2) is 7.49. The van der Waals surface area contributed by atoms with Gasteiger partial charge in [0.2, 0.25) is 0 Å². The molecule has 3 heteroatoms. The van der Waals surface area contributed by atoms with Gasteiger partial charge >= 0.3 is 0 Å². The van der Waals surface area contributed by atoms with E-state index in [1.54, 1.807) is 0 Å². The summed E-state index contributed by atoms with van der Waals surface area (Å²) in [4.78, 5) is 2.27. The number of hydrogen-bond donors (Lipinski definition) is 1. The number of benzene rings is 1. The largest absolute Gasteiger partial charge is 0.326 e. The predicted octanol–water partition coefficient (Wildman–Crippen LogP) is 3.34. The number of likely N-dealkylation sites (N-methyl/N-ethyl adjacent to an activating group) is 1. The predicted molar refractivity (Wildman–Crippen MR) is 74.9 cm³/mol. The number of halogens is 1. The highest BCUT2D eigenvalue weighted by Crippen LogP contribution is 2.23. The maximum Gasteiger partial charge on any atom is 0.123 e. The summed E-state index contributed by atoms with van der Waals surface area (Å²) in [5.74, 6) is -0.198. The third-order valence-corrected chi connectivity index (χ3v) is 3.30. The van der Waals surface area contributed by atoms with Crippen LogP contribution in [0.4, 0.5) is 4.39 Å². The van der Waals surface area contributed by atoms with Crippen molar-refractivity contribution >= 4 is 0 Å². The van der Waals surface area contributed by atoms with E-state index < -0.39 is 0 Å². The third-order valence-electron chi connectivity index (χ3n) is 3.30. The van der Waals surface area contributed by atoms with Crippen LogP contribution in [0.2, 0.25) is 0 Å². The normalized spacial score (nSPS) is 14.8. The summed E-state index contributed by atoms with van der Waals surface area (Å²) in [6.45, 7) is 5.23. The summed E-state index contributed by atoms with van der Waals surface area (Å²) in [6.07, 6.45) is 3.63. The number of rotatable bonds is 7. The lowest BCUT2D eigenvalue weighted by Crippen LogP contribution is -2.37. The molecule has 0 amide bonds. The Morgan fingerprint density at radius 1 is 1.22 bits per heavy atom. The molecule has 2 atom stereocenters. The molecule has 0 fully saturated rings. The lowest BCUT2D eigenvalue weighted by molar-refractivity contribution is 0.215. The van der Waals surface area contributed by atoms with E-state index in [1.165, 1.54) is 31.4 Å². The van der Waals surface area contributed by atoms with Crippen molar-refractivity contribution in [3.63, 3.8) is 0 Å². The standard InChI is InChI=1S/C15H25FN2/c1-4-5-6-11-18(3)15(12(2)17)13-7-9-14(16)10-8-13/h7-10,12,15H,4-6,11,17H2,1-3H3. The molecule has 0 aliphatic rings. The van der Waals surface area contributed by atoms with Crippen molar-refractivity contribution in [3.8, 4) is 0 Å². The lowest BCUT2D eigenvalue weighted by Gasteiger charge is -2.31. The number of unbranched alkanes of at least 4 members (excludes halogenated alkanes) is 2. The van der Waals surface area contributed by atoms with Gasteiger partial charge in [0.05, 0.1) is 0 Å². The van der Waals surface area contributed by atoms with Gasteiger partial charge in [-0.25, -0.2) is 4.39 Å². The summed E-state index contributed by atoms with van der Waals surface area (Å²) < 4.78 is 13.0. The Balaban J connectivity index is 2.72. The van der Waals surface area contributed by atoms with E-state index in [9.17, 15) is 4.39 Å². The molecule has 2 nitrogen and oxygen atoms in total. The van der Waals surface area contributed by atoms with Gasteiger partial charge in [0.25, 0.3) is 0 Å². The Hall–Kier alpha value is -0.930. The van der Waals surface area contributed by atoms with Crippen molar-refractivity contribution < 1.29 is 4.39 Å². The van der Waals surface area contributed by atoms with Gasteiger partial charge in [-0.3, -0.25) is 4.90 Å². The van der Waals surface area contributed by atoms with E-state index in [-0.39, 0.29) is 17.9 Å². The van der Waals surface area contributed by atoms with Crippen LogP contribution >= 0.6 is 0 Å². The first-order chi connectivity index (χ1) is 8.56. The number of nitrogens with zero attached hydrogens (tertiary/aromatic N) is 1. The van der Waals surface area contributed by atoms with E-state index in [0.717, 1.165) is 12.1 Å². The van der Waals surface area contributed by atoms with Crippen LogP contribution in [-0.2, 0) is 0 Å². The van der Waals surface area contributed by atoms with Crippen LogP contribution in [0.5, 0.6) is 0 Å². The number of nitrogens with two attached hydrogens (primary N) is 1. The number of hydrogen-bond acceptors (Lipinski definition) is 2. The van der Waals surface area contributed by atoms with Crippen LogP contribution in [0.25, 0.3) is 0 Å². The van der Waals surface area contributed by atoms with Crippen molar-refractivity contribution in [2.45, 2.75) is 45.2 Å². The topological polar surface area (TPSA) is 29.3 Å². The monoisotopic (exact) mass is 252 g/mol. The minimum absolute atomic E-state index is 0.0297. The Morgan fingerprint density at radius 2 is 1.83 bits per heavy atom. The molecule has 1 aromatic rings. The van der Waals surface area contributed by atoms with Gasteiger partial charge in [-0.05, 0) is 44.6 Å². The molecule has 0 saturated carbocycles. The van der Waals surface area contributed by atoms with Gasteiger partial charge in [0, 0.05) is 12.1 Å². The molecule has 0 saturated heterocycles. The van der Waals surface area contributed by atoms with Gasteiger partial charge in [-0.15, -0.1) is 0 Å². The maximum atomic E-state index is 13.0. The third kappa shape index (κ3) is 4.39. The summed E-state index contributed by atoms with van der Waals surface area (Å²) in [5, 5.41) is 0. The Morgan fingerprint density at radius 3 is 2.33 bits per heavy atom. The highest BCUT2D eigenvalue weighted by molar-refractivity contribution is 5.21. The summed E-state index contributed by atoms with van der Waals surface area (Å²) in [6, 6.07) is 6.86. The molecule has 0 bridgehead atoms. The summed E-state index contributed by atoms with van der Waals surface area (Å²) in [7, 11) is 2.09. The quantitative estimate of drug-likeness (QED) is 0.754. The van der Waals surface area contributed by atoms with Crippen LogP contribution in [0, 0.1) is 5.82 Å². The summed E-state index contributed by atoms with van der Waals surface area (Å²) >= 11 is 0. The van der Waals surface area contributed by atoms with Gasteiger partial charge in [-0.1, -0.05) is 31.9 Å². The molecule has 0 heterocycles. The molecule has 0 radical (unpaired) electrons. The van der Waals surface area contributed by atoms with Crippen LogP contribution in [0.1, 0.15) is 44.7 Å². The maximum absolute atomic E-state index is 13.0. The second-order valence-electron chi connectivity index (χ2n) is 5.04. The zero-order valence-corrected chi connectivity index (χ0v) is 11.7. The molecule has 0 aromatic heterocycles. The average Bonchev–Trinajstić information content (AvgIpc) is 2.32. The smallest absolute Gasteiger partial charge is 0.123 e. The van der Waals surface area contributed by atoms with Crippen LogP contribution in [-0.4, -0.2) is 24.5 Å². The fraction of sp³-hybridized carbons (Fsp3) is 0.600. The van der Waals surface area contributed by atoms with Crippen LogP contribution in [0.3, 0.4) is 0 Å². The van der Waals surface area contributed by atoms with E-state index in [4.69, 9.17) is 5.73 Å². The van der Waals surface area contributed by atoms with Crippen LogP contribution in [0.15, 0.2) is 24.3 Å². The fourth-order valence-corrected chi connectivity index (χ4v) is 2.37. The van der Waals surface area contributed by atoms with E-state index in [0.29, 0.717) is 0 Å². The van der Waals surface area contributed by atoms with Crippen molar-refractivity contribution in [2.75, 3.05) is 13.6 Å². The van der Waals surface area contributed by atoms with Crippen molar-refractivity contribution in [1.29, 1.82) is 0 Å². The molecule has 1 aromatic carbocycles. The molecular weight excluding hydrogens is 227 g/mol. The van der Waals surface area contributed by atoms with Crippen molar-refractivity contribution in [2.24, 2.45) is 5.73 Å². The Labute approximate surface area is 110 Å². The first kappa shape index (κ1) is 15.1. The zero-order chi connectivity index (χ0) is 13.5. The first-order valence-electron chi connectivity index (χ1n) is 6.77. The average molecular weight is 252 g/mol. The van der Waals surface area contributed by atoms with Gasteiger partial charge in [0.15, 0.2) is 0 Å². The van der Waals surface area contributed by atoms with Gasteiger partial charge in [-0.2, -0.15) is 0 Å². The van der Waals surface area contributed by atoms with E-state index in [1.807, 2.05) is 19.1 Å². The SMILES string of the molecule is CCCCCN(C)C(c1ccc(F)cc1)C(C)N. The highest BCUT2D eigenvalue weighted by atomic mass is 19.1. The van der Waals surface area contributed by atoms with Crippen LogP contribution < -0.4 is 5.73 Å². The molecule has 0 spiro atoms. The minimum atomic E-state index is -0.198. The summed E-state index contributed by atoms with van der Waals surface area (Å²) in [5.41, 5.74) is 7.16. The molecule has 18 heavy (non-hydrogen) atoms. The minimum Gasteiger partial charge on any atom is -0.326 e. The zero-order valence-electron chi connectivity index (χ0n) is 11.7. The molecule has 0 aliphatic heterocycles. The van der Waals surface area contributed by atoms with Crippen molar-refractivity contribution in [1.82, 2.24) is 4.90 Å². The highest BCUT2D eigenvalue weighted by Gasteiger charge is 2.20. The fourth-order valence-electron chi connectivity index (χ4n) is 2.37. The molecular formula is C15H25FN2. The van der Waals surface area contributed by atoms with Gasteiger partial charge < -0.3 is 5.73 Å². The van der Waals surface area contributed by atoms with Crippen molar-refractivity contribution in [3.05, 3.63) is 35.6 Å². The second-order valence-corrected chi connectivity index (χ2v) is 5.04. The van der Waals surface area contributed by atoms with Gasteiger partial charge in [0.1, 0.15) is 5.82 Å². The molecule has 2 N–H and O–H groups in total. The Kier molecular flexibility index (Phi) is 6.30. The first-order valence-corrected chi connectivity index (χ1v) is 6.77. The Bertz CT molecular complexity index is 335. The van der Waals surface area contributed by atoms with E-state index >= 15 is 0 Å². The molecule has 1 rings (SSSR count).